The number of methoxy groups -OCH3 is 1. The number of carbonyl (C=O) groups excluding carboxylic acids is 2. The lowest BCUT2D eigenvalue weighted by molar-refractivity contribution is -0.121. The summed E-state index contributed by atoms with van der Waals surface area (Å²) in [5.74, 6) is 0.653. The number of ether oxygens (including phenoxy) is 1. The van der Waals surface area contributed by atoms with Gasteiger partial charge in [-0.1, -0.05) is 48.7 Å². The van der Waals surface area contributed by atoms with Crippen LogP contribution in [-0.4, -0.2) is 18.9 Å². The van der Waals surface area contributed by atoms with E-state index in [4.69, 9.17) is 16.3 Å². The molecular weight excluding hydrogens is 436 g/mol. The molecule has 1 aliphatic carbocycles. The van der Waals surface area contributed by atoms with E-state index in [9.17, 15) is 9.59 Å². The zero-order valence-electron chi connectivity index (χ0n) is 18.6. The van der Waals surface area contributed by atoms with Crippen LogP contribution < -0.4 is 15.4 Å². The van der Waals surface area contributed by atoms with Crippen molar-refractivity contribution in [2.45, 2.75) is 37.5 Å². The van der Waals surface area contributed by atoms with Crippen LogP contribution >= 0.6 is 11.6 Å². The van der Waals surface area contributed by atoms with Gasteiger partial charge in [0.25, 0.3) is 0 Å². The molecule has 0 spiro atoms. The Morgan fingerprint density at radius 3 is 2.03 bits per heavy atom. The molecule has 2 amide bonds. The Labute approximate surface area is 199 Å². The molecule has 0 unspecified atom stereocenters. The van der Waals surface area contributed by atoms with Crippen molar-refractivity contribution in [1.82, 2.24) is 0 Å². The Kier molecular flexibility index (Phi) is 6.99. The number of benzene rings is 3. The fourth-order valence-corrected chi connectivity index (χ4v) is 4.54. The molecule has 5 nitrogen and oxygen atoms in total. The predicted octanol–water partition coefficient (Wildman–Crippen LogP) is 5.98. The van der Waals surface area contributed by atoms with E-state index in [1.165, 1.54) is 0 Å². The molecule has 0 radical (unpaired) electrons. The summed E-state index contributed by atoms with van der Waals surface area (Å²) in [5.41, 5.74) is 2.76. The van der Waals surface area contributed by atoms with Gasteiger partial charge in [0.05, 0.1) is 18.9 Å². The van der Waals surface area contributed by atoms with Gasteiger partial charge in [0.2, 0.25) is 11.8 Å². The Morgan fingerprint density at radius 2 is 1.42 bits per heavy atom. The van der Waals surface area contributed by atoms with Crippen LogP contribution in [0, 0.1) is 0 Å². The van der Waals surface area contributed by atoms with Gasteiger partial charge in [-0.25, -0.2) is 0 Å². The predicted molar refractivity (Wildman–Crippen MR) is 132 cm³/mol. The summed E-state index contributed by atoms with van der Waals surface area (Å²) in [6, 6.07) is 22.2. The summed E-state index contributed by atoms with van der Waals surface area (Å²) in [5, 5.41) is 6.65. The van der Waals surface area contributed by atoms with Gasteiger partial charge in [0.15, 0.2) is 0 Å². The number of amides is 2. The Hall–Kier alpha value is -3.31. The van der Waals surface area contributed by atoms with Crippen LogP contribution in [0.1, 0.15) is 36.8 Å². The first-order valence-electron chi connectivity index (χ1n) is 11.1. The van der Waals surface area contributed by atoms with Crippen molar-refractivity contribution >= 4 is 34.8 Å². The lowest BCUT2D eigenvalue weighted by Crippen LogP contribution is -2.38. The summed E-state index contributed by atoms with van der Waals surface area (Å²) in [4.78, 5) is 25.8. The third kappa shape index (κ3) is 5.37. The van der Waals surface area contributed by atoms with Crippen LogP contribution in [0.25, 0.3) is 0 Å². The van der Waals surface area contributed by atoms with E-state index in [0.29, 0.717) is 10.7 Å². The van der Waals surface area contributed by atoms with E-state index in [0.717, 1.165) is 48.2 Å². The molecule has 0 bridgehead atoms. The molecule has 4 rings (SSSR count). The SMILES string of the molecule is COc1ccc(NC(=O)C2(c3ccc(NC(=O)Cc4ccc(Cl)cc4)cc3)CCCC2)cc1. The molecular formula is C27H27ClN2O3. The minimum Gasteiger partial charge on any atom is -0.497 e. The normalized spacial score (nSPS) is 14.5. The highest BCUT2D eigenvalue weighted by molar-refractivity contribution is 6.30. The molecule has 170 valence electrons. The van der Waals surface area contributed by atoms with Crippen molar-refractivity contribution in [3.05, 3.63) is 88.9 Å². The first-order chi connectivity index (χ1) is 16.0. The van der Waals surface area contributed by atoms with E-state index in [2.05, 4.69) is 10.6 Å². The van der Waals surface area contributed by atoms with Crippen LogP contribution in [0.5, 0.6) is 5.75 Å². The molecule has 1 saturated carbocycles. The molecule has 6 heteroatoms. The summed E-state index contributed by atoms with van der Waals surface area (Å²) in [6.45, 7) is 0. The monoisotopic (exact) mass is 462 g/mol. The zero-order chi connectivity index (χ0) is 23.3. The average Bonchev–Trinajstić information content (AvgIpc) is 3.33. The molecule has 0 aromatic heterocycles. The van der Waals surface area contributed by atoms with Crippen molar-refractivity contribution < 1.29 is 14.3 Å². The van der Waals surface area contributed by atoms with E-state index in [1.54, 1.807) is 19.2 Å². The van der Waals surface area contributed by atoms with E-state index in [-0.39, 0.29) is 18.2 Å². The maximum atomic E-state index is 13.4. The molecule has 2 N–H and O–H groups in total. The van der Waals surface area contributed by atoms with Gasteiger partial charge in [0, 0.05) is 16.4 Å². The van der Waals surface area contributed by atoms with Crippen molar-refractivity contribution in [1.29, 1.82) is 0 Å². The second-order valence-corrected chi connectivity index (χ2v) is 8.84. The number of anilines is 2. The van der Waals surface area contributed by atoms with Gasteiger partial charge in [-0.2, -0.15) is 0 Å². The minimum atomic E-state index is -0.564. The topological polar surface area (TPSA) is 67.4 Å². The number of carbonyl (C=O) groups is 2. The van der Waals surface area contributed by atoms with Gasteiger partial charge < -0.3 is 15.4 Å². The molecule has 0 heterocycles. The highest BCUT2D eigenvalue weighted by Crippen LogP contribution is 2.42. The molecule has 1 fully saturated rings. The van der Waals surface area contributed by atoms with Gasteiger partial charge in [0.1, 0.15) is 5.75 Å². The van der Waals surface area contributed by atoms with Crippen LogP contribution in [0.15, 0.2) is 72.8 Å². The molecule has 3 aromatic rings. The second kappa shape index (κ2) is 10.1. The number of nitrogens with one attached hydrogen (secondary N) is 2. The van der Waals surface area contributed by atoms with E-state index < -0.39 is 5.41 Å². The van der Waals surface area contributed by atoms with Gasteiger partial charge in [-0.3, -0.25) is 9.59 Å². The molecule has 0 saturated heterocycles. The number of rotatable bonds is 7. The van der Waals surface area contributed by atoms with Crippen molar-refractivity contribution in [2.24, 2.45) is 0 Å². The maximum absolute atomic E-state index is 13.4. The highest BCUT2D eigenvalue weighted by Gasteiger charge is 2.42. The quantitative estimate of drug-likeness (QED) is 0.453. The molecule has 1 aliphatic rings. The lowest BCUT2D eigenvalue weighted by Gasteiger charge is -2.28. The highest BCUT2D eigenvalue weighted by atomic mass is 35.5. The average molecular weight is 463 g/mol. The summed E-state index contributed by atoms with van der Waals surface area (Å²) in [6.07, 6.45) is 3.90. The summed E-state index contributed by atoms with van der Waals surface area (Å²) in [7, 11) is 1.62. The van der Waals surface area contributed by atoms with Gasteiger partial charge in [-0.05, 0) is 72.5 Å². The maximum Gasteiger partial charge on any atom is 0.235 e. The Morgan fingerprint density at radius 1 is 0.848 bits per heavy atom. The summed E-state index contributed by atoms with van der Waals surface area (Å²) < 4.78 is 5.19. The van der Waals surface area contributed by atoms with Crippen molar-refractivity contribution in [3.63, 3.8) is 0 Å². The minimum absolute atomic E-state index is 0.00434. The van der Waals surface area contributed by atoms with Crippen molar-refractivity contribution in [2.75, 3.05) is 17.7 Å². The largest absolute Gasteiger partial charge is 0.497 e. The molecule has 0 aliphatic heterocycles. The third-order valence-corrected chi connectivity index (χ3v) is 6.49. The summed E-state index contributed by atoms with van der Waals surface area (Å²) >= 11 is 5.90. The van der Waals surface area contributed by atoms with E-state index in [1.807, 2.05) is 60.7 Å². The second-order valence-electron chi connectivity index (χ2n) is 8.40. The van der Waals surface area contributed by atoms with Crippen LogP contribution in [0.2, 0.25) is 5.02 Å². The molecule has 3 aromatic carbocycles. The van der Waals surface area contributed by atoms with E-state index >= 15 is 0 Å². The zero-order valence-corrected chi connectivity index (χ0v) is 19.3. The van der Waals surface area contributed by atoms with Crippen LogP contribution in [0.3, 0.4) is 0 Å². The first kappa shape index (κ1) is 22.9. The van der Waals surface area contributed by atoms with Gasteiger partial charge in [-0.15, -0.1) is 0 Å². The number of halogens is 1. The van der Waals surface area contributed by atoms with Crippen LogP contribution in [0.4, 0.5) is 11.4 Å². The van der Waals surface area contributed by atoms with Crippen molar-refractivity contribution in [3.8, 4) is 5.75 Å². The standard InChI is InChI=1S/C27H27ClN2O3/c1-33-24-14-12-23(13-15-24)30-26(32)27(16-2-3-17-27)20-6-10-22(11-7-20)29-25(31)18-19-4-8-21(28)9-5-19/h4-15H,2-3,16-18H2,1H3,(H,29,31)(H,30,32). The number of hydrogen-bond acceptors (Lipinski definition) is 3. The number of hydrogen-bond donors (Lipinski definition) is 2. The fourth-order valence-electron chi connectivity index (χ4n) is 4.42. The molecule has 33 heavy (non-hydrogen) atoms. The molecule has 0 atom stereocenters. The fraction of sp³-hybridized carbons (Fsp3) is 0.259. The third-order valence-electron chi connectivity index (χ3n) is 6.24. The first-order valence-corrected chi connectivity index (χ1v) is 11.5. The van der Waals surface area contributed by atoms with Crippen LogP contribution in [-0.2, 0) is 21.4 Å². The smallest absolute Gasteiger partial charge is 0.235 e. The Balaban J connectivity index is 1.44. The Bertz CT molecular complexity index is 1100. The van der Waals surface area contributed by atoms with Gasteiger partial charge >= 0.3 is 0 Å². The lowest BCUT2D eigenvalue weighted by atomic mass is 9.78.